The molecule has 0 radical (unpaired) electrons. The van der Waals surface area contributed by atoms with Gasteiger partial charge in [-0.2, -0.15) is 0 Å². The maximum Gasteiger partial charge on any atom is 0.310 e. The average molecular weight is 206 g/mol. The molecule has 2 heteroatoms. The van der Waals surface area contributed by atoms with Crippen molar-refractivity contribution >= 4 is 5.97 Å². The third kappa shape index (κ3) is 2.14. The predicted octanol–water partition coefficient (Wildman–Crippen LogP) is 2.71. The van der Waals surface area contributed by atoms with Gasteiger partial charge in [-0.05, 0) is 39.5 Å². The van der Waals surface area contributed by atoms with Crippen molar-refractivity contribution in [2.45, 2.75) is 33.3 Å². The summed E-state index contributed by atoms with van der Waals surface area (Å²) in [4.78, 5) is 11.8. The molecule has 2 aliphatic carbocycles. The van der Waals surface area contributed by atoms with Crippen molar-refractivity contribution < 1.29 is 9.53 Å². The number of carbonyl (C=O) groups is 1. The largest absolute Gasteiger partial charge is 0.460 e. The van der Waals surface area contributed by atoms with Crippen molar-refractivity contribution in [3.63, 3.8) is 0 Å². The van der Waals surface area contributed by atoms with Crippen LogP contribution in [0.5, 0.6) is 0 Å². The predicted molar refractivity (Wildman–Crippen MR) is 59.2 cm³/mol. The smallest absolute Gasteiger partial charge is 0.310 e. The molecule has 0 aromatic heterocycles. The van der Waals surface area contributed by atoms with Crippen LogP contribution in [-0.2, 0) is 9.53 Å². The molecule has 3 atom stereocenters. The molecule has 0 heterocycles. The van der Waals surface area contributed by atoms with Crippen LogP contribution in [0, 0.1) is 17.8 Å². The Kier molecular flexibility index (Phi) is 2.25. The zero-order valence-electron chi connectivity index (χ0n) is 9.78. The summed E-state index contributed by atoms with van der Waals surface area (Å²) in [6.07, 6.45) is 6.40. The van der Waals surface area contributed by atoms with Gasteiger partial charge in [0.1, 0.15) is 5.60 Å². The monoisotopic (exact) mass is 206 g/mol. The van der Waals surface area contributed by atoms with E-state index < -0.39 is 0 Å². The highest BCUT2D eigenvalue weighted by molar-refractivity contribution is 5.78. The van der Waals surface area contributed by atoms with Crippen molar-refractivity contribution in [3.8, 4) is 0 Å². The van der Waals surface area contributed by atoms with Crippen LogP contribution in [0.2, 0.25) is 0 Å². The van der Waals surface area contributed by atoms with Gasteiger partial charge in [0.2, 0.25) is 0 Å². The molecule has 0 aromatic carbocycles. The Balaban J connectivity index is 1.99. The number of allylic oxidation sites excluding steroid dienone is 4. The van der Waals surface area contributed by atoms with Gasteiger partial charge >= 0.3 is 5.97 Å². The first-order valence-electron chi connectivity index (χ1n) is 5.48. The summed E-state index contributed by atoms with van der Waals surface area (Å²) in [6.45, 7) is 7.80. The lowest BCUT2D eigenvalue weighted by molar-refractivity contribution is -0.156. The second kappa shape index (κ2) is 3.22. The van der Waals surface area contributed by atoms with Gasteiger partial charge in [0.15, 0.2) is 0 Å². The van der Waals surface area contributed by atoms with Crippen LogP contribution >= 0.6 is 0 Å². The van der Waals surface area contributed by atoms with Crippen LogP contribution in [-0.4, -0.2) is 11.6 Å². The first-order chi connectivity index (χ1) is 6.88. The second-order valence-corrected chi connectivity index (χ2v) is 5.48. The molecule has 0 spiro atoms. The van der Waals surface area contributed by atoms with Gasteiger partial charge in [0.05, 0.1) is 5.92 Å². The molecule has 82 valence electrons. The maximum atomic E-state index is 11.8. The van der Waals surface area contributed by atoms with Gasteiger partial charge in [-0.15, -0.1) is 0 Å². The maximum absolute atomic E-state index is 11.8. The fraction of sp³-hybridized carbons (Fsp3) is 0.615. The Morgan fingerprint density at radius 2 is 2.00 bits per heavy atom. The summed E-state index contributed by atoms with van der Waals surface area (Å²) in [5, 5.41) is 0. The fourth-order valence-electron chi connectivity index (χ4n) is 2.13. The third-order valence-electron chi connectivity index (χ3n) is 2.85. The molecule has 2 rings (SSSR count). The number of hydrogen-bond donors (Lipinski definition) is 0. The number of esters is 1. The highest BCUT2D eigenvalue weighted by atomic mass is 16.6. The van der Waals surface area contributed by atoms with E-state index in [0.29, 0.717) is 11.8 Å². The zero-order chi connectivity index (χ0) is 11.2. The molecule has 1 saturated carbocycles. The number of ether oxygens (including phenoxy) is 1. The lowest BCUT2D eigenvalue weighted by atomic mass is 10.1. The molecular formula is C13H18O2. The van der Waals surface area contributed by atoms with E-state index in [4.69, 9.17) is 4.74 Å². The first kappa shape index (κ1) is 10.5. The van der Waals surface area contributed by atoms with Gasteiger partial charge in [0.25, 0.3) is 0 Å². The first-order valence-corrected chi connectivity index (χ1v) is 5.48. The second-order valence-electron chi connectivity index (χ2n) is 5.48. The van der Waals surface area contributed by atoms with Crippen LogP contribution in [0.15, 0.2) is 23.8 Å². The van der Waals surface area contributed by atoms with E-state index >= 15 is 0 Å². The molecule has 2 aliphatic rings. The normalized spacial score (nSPS) is 33.1. The molecule has 1 fully saturated rings. The lowest BCUT2D eigenvalue weighted by Crippen LogP contribution is -2.25. The number of fused-ring (bicyclic) bond motifs is 1. The molecular weight excluding hydrogens is 188 g/mol. The number of carbonyl (C=O) groups excluding carboxylic acids is 1. The van der Waals surface area contributed by atoms with Crippen LogP contribution in [0.3, 0.4) is 0 Å². The van der Waals surface area contributed by atoms with E-state index in [1.165, 1.54) is 5.57 Å². The van der Waals surface area contributed by atoms with Gasteiger partial charge in [0, 0.05) is 0 Å². The minimum Gasteiger partial charge on any atom is -0.460 e. The van der Waals surface area contributed by atoms with E-state index in [9.17, 15) is 4.79 Å². The van der Waals surface area contributed by atoms with Crippen LogP contribution < -0.4 is 0 Å². The summed E-state index contributed by atoms with van der Waals surface area (Å²) in [5.41, 5.74) is 0.882. The van der Waals surface area contributed by atoms with Crippen LogP contribution in [0.1, 0.15) is 27.7 Å². The third-order valence-corrected chi connectivity index (χ3v) is 2.85. The number of rotatable bonds is 1. The summed E-state index contributed by atoms with van der Waals surface area (Å²) < 4.78 is 5.39. The Bertz CT molecular complexity index is 344. The van der Waals surface area contributed by atoms with Gasteiger partial charge in [-0.25, -0.2) is 0 Å². The SMILES string of the molecule is CC1=CC2C(C=C1)C2C(=O)OC(C)(C)C. The molecule has 15 heavy (non-hydrogen) atoms. The van der Waals surface area contributed by atoms with E-state index in [0.717, 1.165) is 0 Å². The van der Waals surface area contributed by atoms with Crippen molar-refractivity contribution in [3.05, 3.63) is 23.8 Å². The molecule has 0 aliphatic heterocycles. The lowest BCUT2D eigenvalue weighted by Gasteiger charge is -2.19. The van der Waals surface area contributed by atoms with Crippen molar-refractivity contribution in [2.75, 3.05) is 0 Å². The molecule has 0 saturated heterocycles. The van der Waals surface area contributed by atoms with Gasteiger partial charge < -0.3 is 4.74 Å². The molecule has 2 nitrogen and oxygen atoms in total. The van der Waals surface area contributed by atoms with E-state index in [2.05, 4.69) is 25.2 Å². The van der Waals surface area contributed by atoms with Crippen molar-refractivity contribution in [1.29, 1.82) is 0 Å². The minimum absolute atomic E-state index is 0.0481. The summed E-state index contributed by atoms with van der Waals surface area (Å²) >= 11 is 0. The van der Waals surface area contributed by atoms with Gasteiger partial charge in [-0.3, -0.25) is 4.79 Å². The summed E-state index contributed by atoms with van der Waals surface area (Å²) in [5.74, 6) is 0.805. The van der Waals surface area contributed by atoms with E-state index in [1.54, 1.807) is 0 Å². The molecule has 3 unspecified atom stereocenters. The minimum atomic E-state index is -0.370. The highest BCUT2D eigenvalue weighted by Gasteiger charge is 2.54. The Labute approximate surface area is 91.0 Å². The van der Waals surface area contributed by atoms with E-state index in [-0.39, 0.29) is 17.5 Å². The average Bonchev–Trinajstić information content (AvgIpc) is 2.73. The summed E-state index contributed by atoms with van der Waals surface area (Å²) in [7, 11) is 0. The highest BCUT2D eigenvalue weighted by Crippen LogP contribution is 2.52. The van der Waals surface area contributed by atoms with Crippen molar-refractivity contribution in [1.82, 2.24) is 0 Å². The number of hydrogen-bond acceptors (Lipinski definition) is 2. The summed E-state index contributed by atoms with van der Waals surface area (Å²) in [6, 6.07) is 0. The van der Waals surface area contributed by atoms with Crippen LogP contribution in [0.25, 0.3) is 0 Å². The molecule has 0 N–H and O–H groups in total. The molecule has 0 bridgehead atoms. The topological polar surface area (TPSA) is 26.3 Å². The van der Waals surface area contributed by atoms with E-state index in [1.807, 2.05) is 20.8 Å². The Hall–Kier alpha value is -1.05. The molecule has 0 amide bonds. The molecule has 0 aromatic rings. The van der Waals surface area contributed by atoms with Crippen LogP contribution in [0.4, 0.5) is 0 Å². The standard InChI is InChI=1S/C13H18O2/c1-8-5-6-9-10(7-8)11(9)12(14)15-13(2,3)4/h5-7,9-11H,1-4H3. The van der Waals surface area contributed by atoms with Gasteiger partial charge in [-0.1, -0.05) is 23.8 Å². The quantitative estimate of drug-likeness (QED) is 0.617. The Morgan fingerprint density at radius 1 is 1.33 bits per heavy atom. The fourth-order valence-corrected chi connectivity index (χ4v) is 2.13. The van der Waals surface area contributed by atoms with Crippen molar-refractivity contribution in [2.24, 2.45) is 17.8 Å². The Morgan fingerprint density at radius 3 is 2.53 bits per heavy atom. The zero-order valence-corrected chi connectivity index (χ0v) is 9.78.